The Morgan fingerprint density at radius 3 is 2.12 bits per heavy atom. The number of hydrogen-bond donors (Lipinski definition) is 1. The van der Waals surface area contributed by atoms with E-state index in [1.165, 1.54) is 49.9 Å². The lowest BCUT2D eigenvalue weighted by Gasteiger charge is -2.26. The highest BCUT2D eigenvalue weighted by atomic mass is 32.2. The van der Waals surface area contributed by atoms with Crippen LogP contribution in [0.5, 0.6) is 17.2 Å². The van der Waals surface area contributed by atoms with Crippen molar-refractivity contribution in [1.29, 1.82) is 5.26 Å². The Morgan fingerprint density at radius 2 is 1.64 bits per heavy atom. The van der Waals surface area contributed by atoms with Crippen molar-refractivity contribution >= 4 is 15.9 Å². The standard InChI is InChI=1S/C22H25N3O7S/c1-29-19-12-16(13-20(30-2)21(19)31-3)18(14-23)24-22(26)15-4-6-17(7-5-15)33(27,28)25-8-10-32-11-9-25/h4-7,12-13,18H,8-11H2,1-3H3,(H,24,26). The van der Waals surface area contributed by atoms with Crippen molar-refractivity contribution < 1.29 is 32.2 Å². The number of benzene rings is 2. The predicted octanol–water partition coefficient (Wildman–Crippen LogP) is 1.73. The molecule has 0 saturated carbocycles. The first-order valence-electron chi connectivity index (χ1n) is 10.0. The molecule has 1 unspecified atom stereocenters. The van der Waals surface area contributed by atoms with Crippen molar-refractivity contribution in [2.75, 3.05) is 47.6 Å². The highest BCUT2D eigenvalue weighted by Gasteiger charge is 2.27. The monoisotopic (exact) mass is 475 g/mol. The van der Waals surface area contributed by atoms with Crippen LogP contribution in [-0.4, -0.2) is 66.3 Å². The van der Waals surface area contributed by atoms with E-state index in [2.05, 4.69) is 5.32 Å². The fraction of sp³-hybridized carbons (Fsp3) is 0.364. The molecule has 0 aliphatic carbocycles. The number of nitriles is 1. The fourth-order valence-electron chi connectivity index (χ4n) is 3.39. The molecule has 10 nitrogen and oxygen atoms in total. The van der Waals surface area contributed by atoms with Crippen LogP contribution in [0.3, 0.4) is 0 Å². The average molecular weight is 476 g/mol. The zero-order chi connectivity index (χ0) is 24.0. The summed E-state index contributed by atoms with van der Waals surface area (Å²) in [7, 11) is 0.701. The summed E-state index contributed by atoms with van der Waals surface area (Å²) in [5.74, 6) is 0.521. The second-order valence-electron chi connectivity index (χ2n) is 7.04. The Morgan fingerprint density at radius 1 is 1.06 bits per heavy atom. The molecular weight excluding hydrogens is 450 g/mol. The van der Waals surface area contributed by atoms with Crippen molar-refractivity contribution in [2.24, 2.45) is 0 Å². The maximum Gasteiger partial charge on any atom is 0.252 e. The molecule has 1 amide bonds. The maximum atomic E-state index is 12.8. The number of carbonyl (C=O) groups excluding carboxylic acids is 1. The zero-order valence-electron chi connectivity index (χ0n) is 18.5. The molecule has 3 rings (SSSR count). The van der Waals surface area contributed by atoms with E-state index in [9.17, 15) is 18.5 Å². The van der Waals surface area contributed by atoms with Crippen LogP contribution in [0.2, 0.25) is 0 Å². The molecule has 0 aromatic heterocycles. The summed E-state index contributed by atoms with van der Waals surface area (Å²) in [5.41, 5.74) is 0.649. The van der Waals surface area contributed by atoms with Gasteiger partial charge in [-0.05, 0) is 42.0 Å². The molecule has 1 aliphatic heterocycles. The topological polar surface area (TPSA) is 127 Å². The van der Waals surface area contributed by atoms with Crippen LogP contribution >= 0.6 is 0 Å². The molecule has 176 valence electrons. The largest absolute Gasteiger partial charge is 0.493 e. The lowest BCUT2D eigenvalue weighted by Crippen LogP contribution is -2.40. The number of ether oxygens (including phenoxy) is 4. The Kier molecular flexibility index (Phi) is 7.75. The Labute approximate surface area is 192 Å². The second kappa shape index (κ2) is 10.5. The van der Waals surface area contributed by atoms with Gasteiger partial charge < -0.3 is 24.3 Å². The Balaban J connectivity index is 1.79. The molecule has 1 N–H and O–H groups in total. The summed E-state index contributed by atoms with van der Waals surface area (Å²) in [6, 6.07) is 9.75. The number of carbonyl (C=O) groups is 1. The van der Waals surface area contributed by atoms with Gasteiger partial charge in [0.2, 0.25) is 15.8 Å². The van der Waals surface area contributed by atoms with Gasteiger partial charge in [-0.25, -0.2) is 8.42 Å². The van der Waals surface area contributed by atoms with Crippen LogP contribution in [0.15, 0.2) is 41.3 Å². The van der Waals surface area contributed by atoms with E-state index < -0.39 is 22.0 Å². The van der Waals surface area contributed by atoms with Gasteiger partial charge in [0.1, 0.15) is 6.04 Å². The summed E-state index contributed by atoms with van der Waals surface area (Å²) in [6.45, 7) is 1.25. The summed E-state index contributed by atoms with van der Waals surface area (Å²) < 4.78 is 47.9. The average Bonchev–Trinajstić information content (AvgIpc) is 2.86. The first-order chi connectivity index (χ1) is 15.8. The summed E-state index contributed by atoms with van der Waals surface area (Å²) in [6.07, 6.45) is 0. The van der Waals surface area contributed by atoms with E-state index >= 15 is 0 Å². The van der Waals surface area contributed by atoms with E-state index in [4.69, 9.17) is 18.9 Å². The molecule has 1 saturated heterocycles. The first kappa shape index (κ1) is 24.3. The van der Waals surface area contributed by atoms with Gasteiger partial charge in [-0.3, -0.25) is 4.79 Å². The number of nitrogens with zero attached hydrogens (tertiary/aromatic N) is 2. The molecule has 0 bridgehead atoms. The van der Waals surface area contributed by atoms with Gasteiger partial charge in [-0.1, -0.05) is 0 Å². The van der Waals surface area contributed by atoms with Gasteiger partial charge in [0, 0.05) is 18.7 Å². The third kappa shape index (κ3) is 5.19. The molecule has 1 fully saturated rings. The van der Waals surface area contributed by atoms with E-state index in [1.807, 2.05) is 6.07 Å². The molecule has 0 spiro atoms. The third-order valence-electron chi connectivity index (χ3n) is 5.15. The van der Waals surface area contributed by atoms with Crippen LogP contribution in [0.1, 0.15) is 22.0 Å². The van der Waals surface area contributed by atoms with Crippen molar-refractivity contribution in [3.05, 3.63) is 47.5 Å². The minimum atomic E-state index is -3.67. The SMILES string of the molecule is COc1cc(C(C#N)NC(=O)c2ccc(S(=O)(=O)N3CCOCC3)cc2)cc(OC)c1OC. The van der Waals surface area contributed by atoms with Crippen LogP contribution in [0, 0.1) is 11.3 Å². The van der Waals surface area contributed by atoms with Crippen molar-refractivity contribution in [1.82, 2.24) is 9.62 Å². The zero-order valence-corrected chi connectivity index (χ0v) is 19.3. The highest BCUT2D eigenvalue weighted by Crippen LogP contribution is 2.39. The first-order valence-corrected chi connectivity index (χ1v) is 11.5. The van der Waals surface area contributed by atoms with E-state index in [-0.39, 0.29) is 23.5 Å². The molecule has 11 heteroatoms. The minimum absolute atomic E-state index is 0.0856. The lowest BCUT2D eigenvalue weighted by atomic mass is 10.1. The van der Waals surface area contributed by atoms with Crippen LogP contribution in [0.4, 0.5) is 0 Å². The summed E-state index contributed by atoms with van der Waals surface area (Å²) in [4.78, 5) is 12.8. The number of morpholine rings is 1. The number of sulfonamides is 1. The smallest absolute Gasteiger partial charge is 0.252 e. The molecule has 33 heavy (non-hydrogen) atoms. The van der Waals surface area contributed by atoms with Crippen molar-refractivity contribution in [2.45, 2.75) is 10.9 Å². The molecule has 1 heterocycles. The third-order valence-corrected chi connectivity index (χ3v) is 7.06. The minimum Gasteiger partial charge on any atom is -0.493 e. The van der Waals surface area contributed by atoms with Crippen molar-refractivity contribution in [3.63, 3.8) is 0 Å². The second-order valence-corrected chi connectivity index (χ2v) is 8.97. The molecule has 1 atom stereocenters. The van der Waals surface area contributed by atoms with E-state index in [1.54, 1.807) is 12.1 Å². The fourth-order valence-corrected chi connectivity index (χ4v) is 4.79. The number of hydrogen-bond acceptors (Lipinski definition) is 8. The van der Waals surface area contributed by atoms with Gasteiger partial charge in [0.25, 0.3) is 5.91 Å². The Hall–Kier alpha value is -3.33. The number of rotatable bonds is 8. The van der Waals surface area contributed by atoms with Gasteiger partial charge in [0.05, 0.1) is 45.5 Å². The van der Waals surface area contributed by atoms with Crippen molar-refractivity contribution in [3.8, 4) is 23.3 Å². The highest BCUT2D eigenvalue weighted by molar-refractivity contribution is 7.89. The normalized spacial score (nSPS) is 15.2. The van der Waals surface area contributed by atoms with Gasteiger partial charge in [0.15, 0.2) is 11.5 Å². The molecule has 2 aromatic carbocycles. The van der Waals surface area contributed by atoms with Gasteiger partial charge >= 0.3 is 0 Å². The Bertz CT molecular complexity index is 1110. The molecule has 2 aromatic rings. The lowest BCUT2D eigenvalue weighted by molar-refractivity contribution is 0.0730. The maximum absolute atomic E-state index is 12.8. The quantitative estimate of drug-likeness (QED) is 0.612. The van der Waals surface area contributed by atoms with Gasteiger partial charge in [-0.2, -0.15) is 9.57 Å². The van der Waals surface area contributed by atoms with Crippen LogP contribution in [0.25, 0.3) is 0 Å². The molecule has 1 aliphatic rings. The van der Waals surface area contributed by atoms with Crippen LogP contribution in [-0.2, 0) is 14.8 Å². The van der Waals surface area contributed by atoms with Gasteiger partial charge in [-0.15, -0.1) is 0 Å². The van der Waals surface area contributed by atoms with Crippen LogP contribution < -0.4 is 19.5 Å². The number of methoxy groups -OCH3 is 3. The molecule has 0 radical (unpaired) electrons. The van der Waals surface area contributed by atoms with E-state index in [0.717, 1.165) is 0 Å². The number of amides is 1. The summed E-state index contributed by atoms with van der Waals surface area (Å²) >= 11 is 0. The number of nitrogens with one attached hydrogen (secondary N) is 1. The molecular formula is C22H25N3O7S. The summed E-state index contributed by atoms with van der Waals surface area (Å²) in [5, 5.41) is 12.3. The predicted molar refractivity (Wildman–Crippen MR) is 118 cm³/mol. The van der Waals surface area contributed by atoms with E-state index in [0.29, 0.717) is 36.0 Å².